The van der Waals surface area contributed by atoms with Gasteiger partial charge in [-0.2, -0.15) is 0 Å². The number of carbonyl (C=O) groups is 1. The minimum atomic E-state index is -0.690. The average molecular weight is 494 g/mol. The minimum absolute atomic E-state index is 0.0101. The number of hydrogen-bond acceptors (Lipinski definition) is 8. The first-order chi connectivity index (χ1) is 17.5. The third-order valence-electron chi connectivity index (χ3n) is 6.65. The Bertz CT molecular complexity index is 1350. The van der Waals surface area contributed by atoms with Gasteiger partial charge >= 0.3 is 0 Å². The normalized spacial score (nSPS) is 18.0. The van der Waals surface area contributed by atoms with Gasteiger partial charge < -0.3 is 18.8 Å². The molecule has 0 saturated carbocycles. The lowest BCUT2D eigenvalue weighted by Crippen LogP contribution is -2.38. The molecule has 2 aromatic carbocycles. The molecule has 1 amide bonds. The van der Waals surface area contributed by atoms with Crippen molar-refractivity contribution in [1.29, 1.82) is 0 Å². The third kappa shape index (κ3) is 4.45. The van der Waals surface area contributed by atoms with Crippen molar-refractivity contribution in [2.24, 2.45) is 0 Å². The molecule has 188 valence electrons. The SMILES string of the molecule is CCOc1ccc2c(=O)c3c(oc2c1)C(=O)N(CCCN1CCOCC1)C3c1ccc([N+](=O)[O-])cc1. The molecule has 0 spiro atoms. The van der Waals surface area contributed by atoms with E-state index in [0.717, 1.165) is 19.6 Å². The summed E-state index contributed by atoms with van der Waals surface area (Å²) in [5, 5.41) is 11.5. The summed E-state index contributed by atoms with van der Waals surface area (Å²) in [6.07, 6.45) is 0.700. The van der Waals surface area contributed by atoms with Crippen LogP contribution in [0.15, 0.2) is 51.7 Å². The van der Waals surface area contributed by atoms with Crippen molar-refractivity contribution >= 4 is 22.6 Å². The predicted octanol–water partition coefficient (Wildman–Crippen LogP) is 3.37. The molecule has 36 heavy (non-hydrogen) atoms. The van der Waals surface area contributed by atoms with E-state index >= 15 is 0 Å². The summed E-state index contributed by atoms with van der Waals surface area (Å²) in [6.45, 7) is 6.57. The lowest BCUT2D eigenvalue weighted by Gasteiger charge is -2.29. The van der Waals surface area contributed by atoms with Crippen LogP contribution < -0.4 is 10.2 Å². The number of morpholine rings is 1. The zero-order valence-electron chi connectivity index (χ0n) is 20.0. The minimum Gasteiger partial charge on any atom is -0.494 e. The van der Waals surface area contributed by atoms with Gasteiger partial charge in [-0.1, -0.05) is 0 Å². The number of benzene rings is 2. The molecule has 0 bridgehead atoms. The van der Waals surface area contributed by atoms with E-state index in [0.29, 0.717) is 49.5 Å². The zero-order valence-corrected chi connectivity index (χ0v) is 20.0. The van der Waals surface area contributed by atoms with Crippen molar-refractivity contribution in [3.05, 3.63) is 79.7 Å². The maximum atomic E-state index is 13.7. The first-order valence-corrected chi connectivity index (χ1v) is 12.1. The second kappa shape index (κ2) is 10.1. The molecule has 0 radical (unpaired) electrons. The summed E-state index contributed by atoms with van der Waals surface area (Å²) < 4.78 is 16.9. The summed E-state index contributed by atoms with van der Waals surface area (Å²) in [5.74, 6) is 0.194. The Morgan fingerprint density at radius 1 is 1.08 bits per heavy atom. The smallest absolute Gasteiger partial charge is 0.290 e. The first-order valence-electron chi connectivity index (χ1n) is 12.1. The predicted molar refractivity (Wildman–Crippen MR) is 132 cm³/mol. The lowest BCUT2D eigenvalue weighted by atomic mass is 9.98. The molecule has 1 atom stereocenters. The van der Waals surface area contributed by atoms with Gasteiger partial charge in [-0.3, -0.25) is 24.6 Å². The third-order valence-corrected chi connectivity index (χ3v) is 6.65. The molecule has 10 heteroatoms. The monoisotopic (exact) mass is 493 g/mol. The summed E-state index contributed by atoms with van der Waals surface area (Å²) in [5.41, 5.74) is 0.821. The molecule has 0 N–H and O–H groups in total. The number of nitrogens with zero attached hydrogens (tertiary/aromatic N) is 3. The number of carbonyl (C=O) groups excluding carboxylic acids is 1. The van der Waals surface area contributed by atoms with E-state index in [1.54, 1.807) is 35.2 Å². The summed E-state index contributed by atoms with van der Waals surface area (Å²) >= 11 is 0. The summed E-state index contributed by atoms with van der Waals surface area (Å²) in [7, 11) is 0. The fourth-order valence-electron chi connectivity index (χ4n) is 4.90. The van der Waals surface area contributed by atoms with E-state index in [1.165, 1.54) is 12.1 Å². The molecule has 1 unspecified atom stereocenters. The van der Waals surface area contributed by atoms with Gasteiger partial charge in [-0.15, -0.1) is 0 Å². The van der Waals surface area contributed by atoms with Gasteiger partial charge in [-0.05, 0) is 43.2 Å². The fraction of sp³-hybridized carbons (Fsp3) is 0.385. The van der Waals surface area contributed by atoms with Crippen molar-refractivity contribution < 1.29 is 23.6 Å². The number of nitro groups is 1. The standard InChI is InChI=1S/C26H27N3O7/c1-2-35-19-8-9-20-21(16-19)36-25-22(24(20)30)23(17-4-6-18(7-5-17)29(32)33)28(26(25)31)11-3-10-27-12-14-34-15-13-27/h4-9,16,23H,2-3,10-15H2,1H3. The molecular weight excluding hydrogens is 466 g/mol. The Balaban J connectivity index is 1.53. The van der Waals surface area contributed by atoms with E-state index in [1.807, 2.05) is 6.92 Å². The van der Waals surface area contributed by atoms with Gasteiger partial charge in [0.1, 0.15) is 11.3 Å². The van der Waals surface area contributed by atoms with Crippen LogP contribution in [0, 0.1) is 10.1 Å². The highest BCUT2D eigenvalue weighted by molar-refractivity contribution is 5.99. The quantitative estimate of drug-likeness (QED) is 0.347. The largest absolute Gasteiger partial charge is 0.494 e. The summed E-state index contributed by atoms with van der Waals surface area (Å²) in [6, 6.07) is 10.3. The molecule has 1 fully saturated rings. The highest BCUT2D eigenvalue weighted by Crippen LogP contribution is 2.39. The van der Waals surface area contributed by atoms with Crippen molar-refractivity contribution in [1.82, 2.24) is 9.80 Å². The van der Waals surface area contributed by atoms with Crippen LogP contribution in [0.4, 0.5) is 5.69 Å². The van der Waals surface area contributed by atoms with Crippen molar-refractivity contribution in [3.8, 4) is 5.75 Å². The van der Waals surface area contributed by atoms with Gasteiger partial charge in [0.25, 0.3) is 11.6 Å². The van der Waals surface area contributed by atoms with Crippen LogP contribution in [-0.4, -0.2) is 66.6 Å². The molecule has 2 aliphatic rings. The van der Waals surface area contributed by atoms with E-state index in [4.69, 9.17) is 13.9 Å². The Morgan fingerprint density at radius 3 is 2.53 bits per heavy atom. The maximum Gasteiger partial charge on any atom is 0.290 e. The number of rotatable bonds is 8. The second-order valence-corrected chi connectivity index (χ2v) is 8.82. The highest BCUT2D eigenvalue weighted by atomic mass is 16.6. The molecule has 1 aromatic heterocycles. The van der Waals surface area contributed by atoms with Crippen LogP contribution in [-0.2, 0) is 4.74 Å². The van der Waals surface area contributed by atoms with E-state index in [2.05, 4.69) is 4.90 Å². The number of non-ortho nitro benzene ring substituents is 1. The van der Waals surface area contributed by atoms with Gasteiger partial charge in [-0.25, -0.2) is 0 Å². The van der Waals surface area contributed by atoms with Gasteiger partial charge in [0.2, 0.25) is 5.76 Å². The number of fused-ring (bicyclic) bond motifs is 2. The maximum absolute atomic E-state index is 13.7. The molecule has 3 heterocycles. The summed E-state index contributed by atoms with van der Waals surface area (Å²) in [4.78, 5) is 41.8. The Hall–Kier alpha value is -3.76. The van der Waals surface area contributed by atoms with Crippen molar-refractivity contribution in [3.63, 3.8) is 0 Å². The second-order valence-electron chi connectivity index (χ2n) is 8.82. The van der Waals surface area contributed by atoms with Gasteiger partial charge in [0.05, 0.1) is 41.7 Å². The average Bonchev–Trinajstić information content (AvgIpc) is 3.16. The molecule has 3 aromatic rings. The highest BCUT2D eigenvalue weighted by Gasteiger charge is 2.42. The molecule has 10 nitrogen and oxygen atoms in total. The van der Waals surface area contributed by atoms with Crippen LogP contribution in [0.25, 0.3) is 11.0 Å². The topological polar surface area (TPSA) is 115 Å². The molecule has 0 aliphatic carbocycles. The van der Waals surface area contributed by atoms with Gasteiger partial charge in [0, 0.05) is 44.4 Å². The lowest BCUT2D eigenvalue weighted by molar-refractivity contribution is -0.384. The van der Waals surface area contributed by atoms with Crippen LogP contribution in [0.2, 0.25) is 0 Å². The van der Waals surface area contributed by atoms with E-state index in [-0.39, 0.29) is 33.9 Å². The van der Waals surface area contributed by atoms with Crippen LogP contribution >= 0.6 is 0 Å². The fourth-order valence-corrected chi connectivity index (χ4v) is 4.90. The first kappa shape index (κ1) is 24.0. The Labute approximate surface area is 207 Å². The molecular formula is C26H27N3O7. The van der Waals surface area contributed by atoms with Gasteiger partial charge in [0.15, 0.2) is 5.43 Å². The molecule has 2 aliphatic heterocycles. The van der Waals surface area contributed by atoms with Crippen molar-refractivity contribution in [2.75, 3.05) is 46.0 Å². The van der Waals surface area contributed by atoms with Crippen LogP contribution in [0.3, 0.4) is 0 Å². The van der Waals surface area contributed by atoms with E-state index in [9.17, 15) is 19.7 Å². The number of amides is 1. The van der Waals surface area contributed by atoms with Crippen molar-refractivity contribution in [2.45, 2.75) is 19.4 Å². The Morgan fingerprint density at radius 2 is 1.83 bits per heavy atom. The van der Waals surface area contributed by atoms with E-state index < -0.39 is 11.0 Å². The number of nitro benzene ring substituents is 1. The van der Waals surface area contributed by atoms with Crippen LogP contribution in [0.1, 0.15) is 41.1 Å². The Kier molecular flexibility index (Phi) is 6.71. The molecule has 5 rings (SSSR count). The number of ether oxygens (including phenoxy) is 2. The molecule has 1 saturated heterocycles. The number of hydrogen-bond donors (Lipinski definition) is 0. The van der Waals surface area contributed by atoms with Crippen LogP contribution in [0.5, 0.6) is 5.75 Å². The zero-order chi connectivity index (χ0) is 25.2.